The van der Waals surface area contributed by atoms with Crippen molar-refractivity contribution < 1.29 is 13.5 Å². The standard InChI is InChI=1S/C10H18N2O3S/c1-4-12-6-5-11-10(12)7-9(13)8(2)16(3,14)15/h5-6,8-9,13H,4,7H2,1-3H3. The number of sulfone groups is 1. The molecule has 1 N–H and O–H groups in total. The molecule has 0 radical (unpaired) electrons. The highest BCUT2D eigenvalue weighted by Crippen LogP contribution is 2.10. The maximum absolute atomic E-state index is 11.3. The SMILES string of the molecule is CCn1ccnc1CC(O)C(C)S(C)(=O)=O. The van der Waals surface area contributed by atoms with Gasteiger partial charge >= 0.3 is 0 Å². The molecule has 0 aliphatic rings. The van der Waals surface area contributed by atoms with E-state index in [-0.39, 0.29) is 6.42 Å². The summed E-state index contributed by atoms with van der Waals surface area (Å²) < 4.78 is 24.4. The lowest BCUT2D eigenvalue weighted by atomic mass is 10.2. The van der Waals surface area contributed by atoms with Crippen LogP contribution in [-0.4, -0.2) is 40.7 Å². The number of aromatic nitrogens is 2. The molecule has 0 fully saturated rings. The predicted molar refractivity (Wildman–Crippen MR) is 61.9 cm³/mol. The molecule has 0 spiro atoms. The average molecular weight is 246 g/mol. The van der Waals surface area contributed by atoms with Gasteiger partial charge in [0.15, 0.2) is 9.84 Å². The Hall–Kier alpha value is -0.880. The molecular weight excluding hydrogens is 228 g/mol. The Labute approximate surface area is 96.0 Å². The minimum Gasteiger partial charge on any atom is -0.391 e. The number of hydrogen-bond acceptors (Lipinski definition) is 4. The first-order valence-corrected chi connectivity index (χ1v) is 7.18. The molecule has 2 unspecified atom stereocenters. The Morgan fingerprint density at radius 2 is 2.19 bits per heavy atom. The molecule has 0 bridgehead atoms. The summed E-state index contributed by atoms with van der Waals surface area (Å²) in [6.45, 7) is 4.24. The number of aryl methyl sites for hydroxylation is 1. The van der Waals surface area contributed by atoms with Crippen molar-refractivity contribution in [3.05, 3.63) is 18.2 Å². The summed E-state index contributed by atoms with van der Waals surface area (Å²) in [6, 6.07) is 0. The van der Waals surface area contributed by atoms with E-state index in [1.165, 1.54) is 6.92 Å². The van der Waals surface area contributed by atoms with E-state index in [1.807, 2.05) is 17.7 Å². The van der Waals surface area contributed by atoms with Gasteiger partial charge in [-0.3, -0.25) is 0 Å². The fraction of sp³-hybridized carbons (Fsp3) is 0.700. The molecule has 92 valence electrons. The van der Waals surface area contributed by atoms with Gasteiger partial charge in [-0.15, -0.1) is 0 Å². The van der Waals surface area contributed by atoms with E-state index in [1.54, 1.807) is 6.20 Å². The third-order valence-electron chi connectivity index (χ3n) is 2.75. The fourth-order valence-corrected chi connectivity index (χ4v) is 2.12. The van der Waals surface area contributed by atoms with Gasteiger partial charge in [0.1, 0.15) is 5.82 Å². The van der Waals surface area contributed by atoms with E-state index >= 15 is 0 Å². The van der Waals surface area contributed by atoms with E-state index in [2.05, 4.69) is 4.98 Å². The number of nitrogens with zero attached hydrogens (tertiary/aromatic N) is 2. The first-order valence-electron chi connectivity index (χ1n) is 5.23. The van der Waals surface area contributed by atoms with Gasteiger partial charge in [0.05, 0.1) is 11.4 Å². The molecule has 0 amide bonds. The molecule has 1 heterocycles. The van der Waals surface area contributed by atoms with Gasteiger partial charge in [-0.05, 0) is 13.8 Å². The van der Waals surface area contributed by atoms with Crippen LogP contribution in [0.2, 0.25) is 0 Å². The predicted octanol–water partition coefficient (Wildman–Crippen LogP) is 0.239. The number of imidazole rings is 1. The lowest BCUT2D eigenvalue weighted by Crippen LogP contribution is -2.33. The maximum atomic E-state index is 11.3. The van der Waals surface area contributed by atoms with Gasteiger partial charge in [-0.2, -0.15) is 0 Å². The monoisotopic (exact) mass is 246 g/mol. The fourth-order valence-electron chi connectivity index (χ4n) is 1.46. The quantitative estimate of drug-likeness (QED) is 0.807. The van der Waals surface area contributed by atoms with Crippen molar-refractivity contribution >= 4 is 9.84 Å². The molecule has 1 aromatic rings. The Morgan fingerprint density at radius 1 is 1.56 bits per heavy atom. The van der Waals surface area contributed by atoms with Crippen LogP contribution in [-0.2, 0) is 22.8 Å². The summed E-state index contributed by atoms with van der Waals surface area (Å²) in [5, 5.41) is 9.04. The molecule has 6 heteroatoms. The largest absolute Gasteiger partial charge is 0.391 e. The highest BCUT2D eigenvalue weighted by atomic mass is 32.2. The minimum atomic E-state index is -3.21. The lowest BCUT2D eigenvalue weighted by molar-refractivity contribution is 0.169. The van der Waals surface area contributed by atoms with Gasteiger partial charge in [0, 0.05) is 31.6 Å². The molecule has 0 saturated heterocycles. The van der Waals surface area contributed by atoms with Crippen molar-refractivity contribution in [3.63, 3.8) is 0 Å². The summed E-state index contributed by atoms with van der Waals surface area (Å²) in [7, 11) is -3.21. The zero-order chi connectivity index (χ0) is 12.3. The van der Waals surface area contributed by atoms with Gasteiger partial charge in [-0.25, -0.2) is 13.4 Å². The molecule has 2 atom stereocenters. The van der Waals surface area contributed by atoms with Gasteiger partial charge < -0.3 is 9.67 Å². The van der Waals surface area contributed by atoms with Crippen molar-refractivity contribution in [2.45, 2.75) is 38.2 Å². The van der Waals surface area contributed by atoms with E-state index in [4.69, 9.17) is 0 Å². The first-order chi connectivity index (χ1) is 7.36. The van der Waals surface area contributed by atoms with Crippen LogP contribution in [0.25, 0.3) is 0 Å². The second-order valence-corrected chi connectivity index (χ2v) is 6.34. The molecule has 5 nitrogen and oxygen atoms in total. The van der Waals surface area contributed by atoms with E-state index in [9.17, 15) is 13.5 Å². The molecule has 0 aromatic carbocycles. The van der Waals surface area contributed by atoms with Crippen molar-refractivity contribution in [2.24, 2.45) is 0 Å². The summed E-state index contributed by atoms with van der Waals surface area (Å²) in [5.41, 5.74) is 0. The topological polar surface area (TPSA) is 72.2 Å². The maximum Gasteiger partial charge on any atom is 0.152 e. The van der Waals surface area contributed by atoms with E-state index < -0.39 is 21.2 Å². The van der Waals surface area contributed by atoms with Crippen molar-refractivity contribution in [1.82, 2.24) is 9.55 Å². The molecule has 0 saturated carbocycles. The molecular formula is C10H18N2O3S. The van der Waals surface area contributed by atoms with Crippen LogP contribution in [0.1, 0.15) is 19.7 Å². The lowest BCUT2D eigenvalue weighted by Gasteiger charge is -2.17. The van der Waals surface area contributed by atoms with Crippen molar-refractivity contribution in [3.8, 4) is 0 Å². The number of hydrogen-bond donors (Lipinski definition) is 1. The zero-order valence-corrected chi connectivity index (χ0v) is 10.6. The van der Waals surface area contributed by atoms with Gasteiger partial charge in [-0.1, -0.05) is 0 Å². The van der Waals surface area contributed by atoms with Crippen LogP contribution in [0.15, 0.2) is 12.4 Å². The van der Waals surface area contributed by atoms with Gasteiger partial charge in [0.25, 0.3) is 0 Å². The van der Waals surface area contributed by atoms with Crippen LogP contribution >= 0.6 is 0 Å². The highest BCUT2D eigenvalue weighted by molar-refractivity contribution is 7.91. The smallest absolute Gasteiger partial charge is 0.152 e. The summed E-state index contributed by atoms with van der Waals surface area (Å²) in [4.78, 5) is 4.10. The summed E-state index contributed by atoms with van der Waals surface area (Å²) in [5.74, 6) is 0.713. The van der Waals surface area contributed by atoms with E-state index in [0.717, 1.165) is 12.8 Å². The number of aliphatic hydroxyl groups excluding tert-OH is 1. The van der Waals surface area contributed by atoms with Crippen LogP contribution < -0.4 is 0 Å². The minimum absolute atomic E-state index is 0.259. The van der Waals surface area contributed by atoms with Crippen LogP contribution in [0, 0.1) is 0 Å². The normalized spacial score (nSPS) is 16.0. The molecule has 1 aromatic heterocycles. The summed E-state index contributed by atoms with van der Waals surface area (Å²) in [6.07, 6.45) is 3.94. The Kier molecular flexibility index (Phi) is 4.09. The Morgan fingerprint density at radius 3 is 2.69 bits per heavy atom. The average Bonchev–Trinajstić information content (AvgIpc) is 2.62. The van der Waals surface area contributed by atoms with Crippen LogP contribution in [0.3, 0.4) is 0 Å². The van der Waals surface area contributed by atoms with Gasteiger partial charge in [0.2, 0.25) is 0 Å². The third kappa shape index (κ3) is 3.05. The second-order valence-electron chi connectivity index (χ2n) is 3.94. The van der Waals surface area contributed by atoms with E-state index in [0.29, 0.717) is 5.82 Å². The zero-order valence-electron chi connectivity index (χ0n) is 9.79. The van der Waals surface area contributed by atoms with Crippen molar-refractivity contribution in [2.75, 3.05) is 6.26 Å². The Bertz CT molecular complexity index is 439. The number of rotatable bonds is 5. The van der Waals surface area contributed by atoms with Crippen molar-refractivity contribution in [1.29, 1.82) is 0 Å². The molecule has 0 aliphatic carbocycles. The molecule has 16 heavy (non-hydrogen) atoms. The third-order valence-corrected chi connectivity index (χ3v) is 4.42. The van der Waals surface area contributed by atoms with Crippen LogP contribution in [0.4, 0.5) is 0 Å². The molecule has 0 aliphatic heterocycles. The summed E-state index contributed by atoms with van der Waals surface area (Å²) >= 11 is 0. The Balaban J connectivity index is 2.75. The first kappa shape index (κ1) is 13.2. The number of aliphatic hydroxyl groups is 1. The highest BCUT2D eigenvalue weighted by Gasteiger charge is 2.25. The van der Waals surface area contributed by atoms with Crippen LogP contribution in [0.5, 0.6) is 0 Å². The second kappa shape index (κ2) is 4.97. The molecule has 1 rings (SSSR count).